The zero-order chi connectivity index (χ0) is 15.8. The van der Waals surface area contributed by atoms with Crippen LogP contribution in [0.2, 0.25) is 5.02 Å². The predicted octanol–water partition coefficient (Wildman–Crippen LogP) is 4.27. The van der Waals surface area contributed by atoms with E-state index in [-0.39, 0.29) is 6.03 Å². The first-order valence-corrected chi connectivity index (χ1v) is 8.51. The van der Waals surface area contributed by atoms with E-state index in [0.717, 1.165) is 30.8 Å². The second-order valence-electron chi connectivity index (χ2n) is 6.29. The van der Waals surface area contributed by atoms with E-state index >= 15 is 0 Å². The molecule has 0 unspecified atom stereocenters. The molecule has 4 rings (SSSR count). The molecule has 1 saturated heterocycles. The quantitative estimate of drug-likeness (QED) is 0.826. The number of carbonyl (C=O) groups is 1. The Morgan fingerprint density at radius 3 is 2.74 bits per heavy atom. The van der Waals surface area contributed by atoms with Gasteiger partial charge in [-0.1, -0.05) is 29.8 Å². The highest BCUT2D eigenvalue weighted by Gasteiger charge is 2.30. The van der Waals surface area contributed by atoms with Crippen LogP contribution in [0.5, 0.6) is 0 Å². The molecule has 2 aromatic rings. The van der Waals surface area contributed by atoms with E-state index in [9.17, 15) is 4.79 Å². The predicted molar refractivity (Wildman–Crippen MR) is 93.1 cm³/mol. The van der Waals surface area contributed by atoms with Crippen molar-refractivity contribution in [3.63, 3.8) is 0 Å². The summed E-state index contributed by atoms with van der Waals surface area (Å²) < 4.78 is 0. The van der Waals surface area contributed by atoms with Crippen molar-refractivity contribution in [2.45, 2.75) is 25.8 Å². The van der Waals surface area contributed by atoms with Gasteiger partial charge in [-0.15, -0.1) is 0 Å². The Morgan fingerprint density at radius 2 is 1.87 bits per heavy atom. The molecule has 2 aliphatic rings. The fraction of sp³-hybridized carbons (Fsp3) is 0.316. The van der Waals surface area contributed by atoms with Crippen molar-refractivity contribution in [2.24, 2.45) is 0 Å². The molecule has 0 atom stereocenters. The highest BCUT2D eigenvalue weighted by Crippen LogP contribution is 2.29. The number of fused-ring (bicyclic) bond motifs is 1. The van der Waals surface area contributed by atoms with Crippen molar-refractivity contribution in [3.8, 4) is 0 Å². The van der Waals surface area contributed by atoms with E-state index in [1.807, 2.05) is 34.1 Å². The first kappa shape index (κ1) is 14.6. The SMILES string of the molecule is O=C1N(Cc2cccc(Cl)c2)CCN1c1ccc2c(c1)CCC2. The van der Waals surface area contributed by atoms with Crippen molar-refractivity contribution < 1.29 is 4.79 Å². The minimum absolute atomic E-state index is 0.0860. The molecule has 0 radical (unpaired) electrons. The van der Waals surface area contributed by atoms with Crippen LogP contribution < -0.4 is 4.90 Å². The minimum Gasteiger partial charge on any atom is -0.318 e. The molecular weight excluding hydrogens is 308 g/mol. The van der Waals surface area contributed by atoms with Gasteiger partial charge >= 0.3 is 6.03 Å². The molecule has 1 aliphatic heterocycles. The van der Waals surface area contributed by atoms with Crippen LogP contribution in [0.4, 0.5) is 10.5 Å². The number of urea groups is 1. The lowest BCUT2D eigenvalue weighted by Gasteiger charge is -2.19. The Labute approximate surface area is 141 Å². The van der Waals surface area contributed by atoms with Crippen LogP contribution in [0.3, 0.4) is 0 Å². The summed E-state index contributed by atoms with van der Waals surface area (Å²) in [5.41, 5.74) is 4.95. The third-order valence-corrected chi connectivity index (χ3v) is 4.99. The summed E-state index contributed by atoms with van der Waals surface area (Å²) in [6.45, 7) is 2.11. The van der Waals surface area contributed by atoms with Gasteiger partial charge in [-0.25, -0.2) is 4.79 Å². The lowest BCUT2D eigenvalue weighted by atomic mass is 10.1. The van der Waals surface area contributed by atoms with Gasteiger partial charge < -0.3 is 4.90 Å². The molecule has 2 amide bonds. The largest absolute Gasteiger partial charge is 0.324 e. The topological polar surface area (TPSA) is 23.6 Å². The molecule has 2 aromatic carbocycles. The summed E-state index contributed by atoms with van der Waals surface area (Å²) in [5.74, 6) is 0. The maximum atomic E-state index is 12.7. The molecule has 23 heavy (non-hydrogen) atoms. The third kappa shape index (κ3) is 2.81. The number of halogens is 1. The summed E-state index contributed by atoms with van der Waals surface area (Å²) in [5, 5.41) is 0.713. The minimum atomic E-state index is 0.0860. The van der Waals surface area contributed by atoms with Gasteiger partial charge in [-0.2, -0.15) is 0 Å². The summed E-state index contributed by atoms with van der Waals surface area (Å²) in [4.78, 5) is 16.5. The molecular formula is C19H19ClN2O. The van der Waals surface area contributed by atoms with E-state index < -0.39 is 0 Å². The van der Waals surface area contributed by atoms with Crippen LogP contribution in [0.1, 0.15) is 23.1 Å². The van der Waals surface area contributed by atoms with Gasteiger partial charge in [0, 0.05) is 30.3 Å². The number of rotatable bonds is 3. The monoisotopic (exact) mass is 326 g/mol. The second kappa shape index (κ2) is 5.89. The van der Waals surface area contributed by atoms with E-state index in [0.29, 0.717) is 11.6 Å². The van der Waals surface area contributed by atoms with Gasteiger partial charge in [0.25, 0.3) is 0 Å². The molecule has 0 bridgehead atoms. The van der Waals surface area contributed by atoms with Crippen LogP contribution in [-0.2, 0) is 19.4 Å². The summed E-state index contributed by atoms with van der Waals surface area (Å²) in [6, 6.07) is 14.3. The Bertz CT molecular complexity index is 759. The third-order valence-electron chi connectivity index (χ3n) is 4.75. The van der Waals surface area contributed by atoms with Crippen molar-refractivity contribution in [1.82, 2.24) is 4.90 Å². The van der Waals surface area contributed by atoms with Gasteiger partial charge in [0.15, 0.2) is 0 Å². The number of hydrogen-bond acceptors (Lipinski definition) is 1. The molecule has 4 heteroatoms. The van der Waals surface area contributed by atoms with Gasteiger partial charge in [0.1, 0.15) is 0 Å². The number of nitrogens with zero attached hydrogens (tertiary/aromatic N) is 2. The molecule has 0 spiro atoms. The maximum Gasteiger partial charge on any atom is 0.324 e. The average Bonchev–Trinajstić information content (AvgIpc) is 3.14. The van der Waals surface area contributed by atoms with E-state index in [2.05, 4.69) is 18.2 Å². The number of carbonyl (C=O) groups excluding carboxylic acids is 1. The van der Waals surface area contributed by atoms with Crippen LogP contribution in [-0.4, -0.2) is 24.0 Å². The van der Waals surface area contributed by atoms with E-state index in [4.69, 9.17) is 11.6 Å². The Morgan fingerprint density at radius 1 is 1.00 bits per heavy atom. The fourth-order valence-electron chi connectivity index (χ4n) is 3.55. The van der Waals surface area contributed by atoms with Crippen molar-refractivity contribution in [3.05, 3.63) is 64.2 Å². The Kier molecular flexibility index (Phi) is 3.74. The van der Waals surface area contributed by atoms with E-state index in [1.54, 1.807) is 0 Å². The second-order valence-corrected chi connectivity index (χ2v) is 6.73. The standard InChI is InChI=1S/C19H19ClN2O/c20-17-6-1-3-14(11-17)13-21-9-10-22(19(21)23)18-8-7-15-4-2-5-16(15)12-18/h1,3,6-8,11-12H,2,4-5,9-10,13H2. The first-order valence-electron chi connectivity index (χ1n) is 8.13. The molecule has 1 aliphatic carbocycles. The van der Waals surface area contributed by atoms with Crippen molar-refractivity contribution >= 4 is 23.3 Å². The molecule has 3 nitrogen and oxygen atoms in total. The fourth-order valence-corrected chi connectivity index (χ4v) is 3.76. The molecule has 118 valence electrons. The summed E-state index contributed by atoms with van der Waals surface area (Å²) in [6.07, 6.45) is 3.54. The van der Waals surface area contributed by atoms with Gasteiger partial charge in [-0.3, -0.25) is 4.90 Å². The lowest BCUT2D eigenvalue weighted by Crippen LogP contribution is -2.31. The maximum absolute atomic E-state index is 12.7. The van der Waals surface area contributed by atoms with Crippen LogP contribution in [0.25, 0.3) is 0 Å². The number of benzene rings is 2. The highest BCUT2D eigenvalue weighted by atomic mass is 35.5. The number of aryl methyl sites for hydroxylation is 2. The Hall–Kier alpha value is -2.00. The van der Waals surface area contributed by atoms with Crippen molar-refractivity contribution in [1.29, 1.82) is 0 Å². The van der Waals surface area contributed by atoms with E-state index in [1.165, 1.54) is 24.0 Å². The average molecular weight is 327 g/mol. The molecule has 0 aromatic heterocycles. The first-order chi connectivity index (χ1) is 11.2. The summed E-state index contributed by atoms with van der Waals surface area (Å²) in [7, 11) is 0. The van der Waals surface area contributed by atoms with Gasteiger partial charge in [-0.05, 0) is 60.2 Å². The molecule has 1 heterocycles. The highest BCUT2D eigenvalue weighted by molar-refractivity contribution is 6.30. The summed E-state index contributed by atoms with van der Waals surface area (Å²) >= 11 is 6.03. The van der Waals surface area contributed by atoms with Crippen molar-refractivity contribution in [2.75, 3.05) is 18.0 Å². The molecule has 1 fully saturated rings. The zero-order valence-corrected chi connectivity index (χ0v) is 13.7. The van der Waals surface area contributed by atoms with Gasteiger partial charge in [0.05, 0.1) is 0 Å². The number of hydrogen-bond donors (Lipinski definition) is 0. The number of amides is 2. The van der Waals surface area contributed by atoms with Crippen LogP contribution >= 0.6 is 11.6 Å². The zero-order valence-electron chi connectivity index (χ0n) is 13.0. The Balaban J connectivity index is 1.51. The van der Waals surface area contributed by atoms with Crippen LogP contribution in [0, 0.1) is 0 Å². The lowest BCUT2D eigenvalue weighted by molar-refractivity contribution is 0.219. The molecule has 0 N–H and O–H groups in total. The van der Waals surface area contributed by atoms with Crippen LogP contribution in [0.15, 0.2) is 42.5 Å². The van der Waals surface area contributed by atoms with Gasteiger partial charge in [0.2, 0.25) is 0 Å². The molecule has 0 saturated carbocycles. The smallest absolute Gasteiger partial charge is 0.318 e. The normalized spacial score (nSPS) is 17.0. The number of anilines is 1.